The SMILES string of the molecule is C#CCCCCC(Br)C(C)C. The van der Waals surface area contributed by atoms with E-state index in [1.807, 2.05) is 0 Å². The van der Waals surface area contributed by atoms with Gasteiger partial charge in [0.15, 0.2) is 0 Å². The second-order valence-corrected chi connectivity index (χ2v) is 4.39. The van der Waals surface area contributed by atoms with Crippen LogP contribution in [0.5, 0.6) is 0 Å². The molecule has 0 nitrogen and oxygen atoms in total. The molecule has 0 aromatic carbocycles. The summed E-state index contributed by atoms with van der Waals surface area (Å²) in [6, 6.07) is 0. The summed E-state index contributed by atoms with van der Waals surface area (Å²) in [5.41, 5.74) is 0. The van der Waals surface area contributed by atoms with E-state index >= 15 is 0 Å². The maximum atomic E-state index is 5.14. The highest BCUT2D eigenvalue weighted by atomic mass is 79.9. The molecule has 64 valence electrons. The molecule has 0 heterocycles. The van der Waals surface area contributed by atoms with Gasteiger partial charge in [-0.05, 0) is 18.8 Å². The van der Waals surface area contributed by atoms with Crippen molar-refractivity contribution >= 4 is 15.9 Å². The first-order chi connectivity index (χ1) is 5.18. The number of terminal acetylenes is 1. The Kier molecular flexibility index (Phi) is 6.76. The van der Waals surface area contributed by atoms with Gasteiger partial charge in [-0.15, -0.1) is 12.3 Å². The van der Waals surface area contributed by atoms with Crippen LogP contribution in [-0.2, 0) is 0 Å². The molecule has 0 N–H and O–H groups in total. The summed E-state index contributed by atoms with van der Waals surface area (Å²) in [7, 11) is 0. The minimum Gasteiger partial charge on any atom is -0.120 e. The molecule has 11 heavy (non-hydrogen) atoms. The van der Waals surface area contributed by atoms with Crippen molar-refractivity contribution in [3.8, 4) is 12.3 Å². The van der Waals surface area contributed by atoms with E-state index in [2.05, 4.69) is 35.7 Å². The zero-order valence-electron chi connectivity index (χ0n) is 7.44. The van der Waals surface area contributed by atoms with Crippen molar-refractivity contribution in [3.63, 3.8) is 0 Å². The topological polar surface area (TPSA) is 0 Å². The van der Waals surface area contributed by atoms with Gasteiger partial charge < -0.3 is 0 Å². The maximum Gasteiger partial charge on any atom is 0.0168 e. The molecule has 1 unspecified atom stereocenters. The number of alkyl halides is 1. The smallest absolute Gasteiger partial charge is 0.0168 e. The van der Waals surface area contributed by atoms with Crippen LogP contribution in [0, 0.1) is 18.3 Å². The molecule has 0 saturated carbocycles. The average molecular weight is 217 g/mol. The first-order valence-electron chi connectivity index (χ1n) is 4.26. The van der Waals surface area contributed by atoms with E-state index in [0.717, 1.165) is 12.3 Å². The predicted molar refractivity (Wildman–Crippen MR) is 54.9 cm³/mol. The summed E-state index contributed by atoms with van der Waals surface area (Å²) in [6.07, 6.45) is 9.74. The Labute approximate surface area is 78.9 Å². The zero-order valence-corrected chi connectivity index (χ0v) is 9.02. The maximum absolute atomic E-state index is 5.14. The van der Waals surface area contributed by atoms with Crippen molar-refractivity contribution < 1.29 is 0 Å². The van der Waals surface area contributed by atoms with E-state index in [1.54, 1.807) is 0 Å². The Morgan fingerprint density at radius 1 is 1.36 bits per heavy atom. The number of hydrogen-bond acceptors (Lipinski definition) is 0. The van der Waals surface area contributed by atoms with E-state index < -0.39 is 0 Å². The highest BCUT2D eigenvalue weighted by molar-refractivity contribution is 9.09. The molecule has 0 rings (SSSR count). The normalized spacial score (nSPS) is 13.0. The van der Waals surface area contributed by atoms with Crippen molar-refractivity contribution in [1.29, 1.82) is 0 Å². The lowest BCUT2D eigenvalue weighted by atomic mass is 10.0. The van der Waals surface area contributed by atoms with Crippen LogP contribution < -0.4 is 0 Å². The largest absolute Gasteiger partial charge is 0.120 e. The van der Waals surface area contributed by atoms with Crippen molar-refractivity contribution in [1.82, 2.24) is 0 Å². The highest BCUT2D eigenvalue weighted by Crippen LogP contribution is 2.18. The van der Waals surface area contributed by atoms with Gasteiger partial charge in [-0.1, -0.05) is 36.2 Å². The third-order valence-corrected chi connectivity index (χ3v) is 3.29. The van der Waals surface area contributed by atoms with E-state index in [9.17, 15) is 0 Å². The molecule has 0 spiro atoms. The van der Waals surface area contributed by atoms with Crippen LogP contribution in [0.1, 0.15) is 39.5 Å². The van der Waals surface area contributed by atoms with Gasteiger partial charge in [0, 0.05) is 11.2 Å². The van der Waals surface area contributed by atoms with Crippen molar-refractivity contribution in [2.75, 3.05) is 0 Å². The van der Waals surface area contributed by atoms with Crippen molar-refractivity contribution in [2.24, 2.45) is 5.92 Å². The molecule has 0 radical (unpaired) electrons. The fourth-order valence-electron chi connectivity index (χ4n) is 0.900. The summed E-state index contributed by atoms with van der Waals surface area (Å²) in [4.78, 5) is 0.667. The van der Waals surface area contributed by atoms with Crippen LogP contribution in [0.3, 0.4) is 0 Å². The molecule has 1 atom stereocenters. The van der Waals surface area contributed by atoms with Gasteiger partial charge in [-0.3, -0.25) is 0 Å². The highest BCUT2D eigenvalue weighted by Gasteiger charge is 2.07. The molecule has 0 amide bonds. The Bertz CT molecular complexity index is 121. The quantitative estimate of drug-likeness (QED) is 0.375. The fraction of sp³-hybridized carbons (Fsp3) is 0.800. The van der Waals surface area contributed by atoms with Gasteiger partial charge in [0.05, 0.1) is 0 Å². The van der Waals surface area contributed by atoms with E-state index in [4.69, 9.17) is 6.42 Å². The Hall–Kier alpha value is 0.0400. The molecule has 0 fully saturated rings. The van der Waals surface area contributed by atoms with Crippen LogP contribution in [0.2, 0.25) is 0 Å². The number of rotatable bonds is 5. The number of halogens is 1. The molecule has 0 aliphatic rings. The van der Waals surface area contributed by atoms with Crippen molar-refractivity contribution in [3.05, 3.63) is 0 Å². The standard InChI is InChI=1S/C10H17Br/c1-4-5-6-7-8-10(11)9(2)3/h1,9-10H,5-8H2,2-3H3. The monoisotopic (exact) mass is 216 g/mol. The molecule has 0 bridgehead atoms. The Morgan fingerprint density at radius 3 is 2.45 bits per heavy atom. The van der Waals surface area contributed by atoms with E-state index in [0.29, 0.717) is 4.83 Å². The van der Waals surface area contributed by atoms with Gasteiger partial charge in [-0.2, -0.15) is 0 Å². The average Bonchev–Trinajstić information content (AvgIpc) is 1.97. The molecule has 0 aliphatic carbocycles. The van der Waals surface area contributed by atoms with Crippen LogP contribution in [0.4, 0.5) is 0 Å². The summed E-state index contributed by atoms with van der Waals surface area (Å²) in [6.45, 7) is 4.47. The summed E-state index contributed by atoms with van der Waals surface area (Å²) < 4.78 is 0. The van der Waals surface area contributed by atoms with Crippen LogP contribution in [0.25, 0.3) is 0 Å². The minimum absolute atomic E-state index is 0.667. The molecule has 0 saturated heterocycles. The molecule has 0 aliphatic heterocycles. The first kappa shape index (κ1) is 11.0. The van der Waals surface area contributed by atoms with Gasteiger partial charge in [0.2, 0.25) is 0 Å². The predicted octanol–water partition coefficient (Wildman–Crippen LogP) is 3.60. The summed E-state index contributed by atoms with van der Waals surface area (Å²) >= 11 is 3.64. The third kappa shape index (κ3) is 6.44. The molecule has 0 aromatic rings. The summed E-state index contributed by atoms with van der Waals surface area (Å²) in [5, 5.41) is 0. The van der Waals surface area contributed by atoms with Gasteiger partial charge in [-0.25, -0.2) is 0 Å². The lowest BCUT2D eigenvalue weighted by Crippen LogP contribution is -2.06. The Morgan fingerprint density at radius 2 is 2.00 bits per heavy atom. The number of hydrogen-bond donors (Lipinski definition) is 0. The van der Waals surface area contributed by atoms with Crippen LogP contribution in [0.15, 0.2) is 0 Å². The second-order valence-electron chi connectivity index (χ2n) is 3.21. The molecule has 0 aromatic heterocycles. The second kappa shape index (κ2) is 6.73. The molecular formula is C10H17Br. The lowest BCUT2D eigenvalue weighted by Gasteiger charge is -2.12. The van der Waals surface area contributed by atoms with E-state index in [-0.39, 0.29) is 0 Å². The lowest BCUT2D eigenvalue weighted by molar-refractivity contribution is 0.553. The van der Waals surface area contributed by atoms with Gasteiger partial charge in [0.25, 0.3) is 0 Å². The van der Waals surface area contributed by atoms with Crippen LogP contribution >= 0.6 is 15.9 Å². The van der Waals surface area contributed by atoms with Crippen molar-refractivity contribution in [2.45, 2.75) is 44.4 Å². The molecular weight excluding hydrogens is 200 g/mol. The van der Waals surface area contributed by atoms with E-state index in [1.165, 1.54) is 19.3 Å². The minimum atomic E-state index is 0.667. The zero-order chi connectivity index (χ0) is 8.69. The third-order valence-electron chi connectivity index (χ3n) is 1.77. The number of unbranched alkanes of at least 4 members (excludes halogenated alkanes) is 2. The first-order valence-corrected chi connectivity index (χ1v) is 5.17. The van der Waals surface area contributed by atoms with Gasteiger partial charge >= 0.3 is 0 Å². The fourth-order valence-corrected chi connectivity index (χ4v) is 1.22. The summed E-state index contributed by atoms with van der Waals surface area (Å²) in [5.74, 6) is 3.39. The van der Waals surface area contributed by atoms with Gasteiger partial charge in [0.1, 0.15) is 0 Å². The van der Waals surface area contributed by atoms with Crippen LogP contribution in [-0.4, -0.2) is 4.83 Å². The molecule has 1 heteroatoms. The Balaban J connectivity index is 3.19.